The SMILES string of the molecule is CCOc1cc(C(=O)OC(C)(C)C)cc(OCC)c1B(O)O. The minimum absolute atomic E-state index is 0.0935. The topological polar surface area (TPSA) is 85.2 Å². The van der Waals surface area contributed by atoms with E-state index in [0.717, 1.165) is 0 Å². The van der Waals surface area contributed by atoms with Crippen LogP contribution in [0.4, 0.5) is 0 Å². The summed E-state index contributed by atoms with van der Waals surface area (Å²) < 4.78 is 16.1. The van der Waals surface area contributed by atoms with Gasteiger partial charge in [-0.1, -0.05) is 0 Å². The number of rotatable bonds is 6. The van der Waals surface area contributed by atoms with E-state index in [4.69, 9.17) is 14.2 Å². The van der Waals surface area contributed by atoms with E-state index in [1.165, 1.54) is 12.1 Å². The van der Waals surface area contributed by atoms with Crippen LogP contribution in [0.15, 0.2) is 12.1 Å². The van der Waals surface area contributed by atoms with Gasteiger partial charge in [-0.3, -0.25) is 0 Å². The Labute approximate surface area is 131 Å². The summed E-state index contributed by atoms with van der Waals surface area (Å²) in [5.74, 6) is -0.165. The van der Waals surface area contributed by atoms with Crippen LogP contribution in [0.1, 0.15) is 45.0 Å². The molecule has 0 aliphatic carbocycles. The molecule has 0 unspecified atom stereocenters. The summed E-state index contributed by atoms with van der Waals surface area (Å²) in [6.45, 7) is 9.44. The number of hydrogen-bond donors (Lipinski definition) is 2. The number of carbonyl (C=O) groups is 1. The van der Waals surface area contributed by atoms with Gasteiger partial charge in [-0.15, -0.1) is 0 Å². The van der Waals surface area contributed by atoms with Gasteiger partial charge in [-0.05, 0) is 46.8 Å². The molecule has 1 rings (SSSR count). The second-order valence-electron chi connectivity index (χ2n) is 5.63. The molecule has 0 heterocycles. The van der Waals surface area contributed by atoms with Gasteiger partial charge in [0.1, 0.15) is 17.1 Å². The number of ether oxygens (including phenoxy) is 3. The van der Waals surface area contributed by atoms with Crippen molar-refractivity contribution in [2.75, 3.05) is 13.2 Å². The van der Waals surface area contributed by atoms with E-state index in [0.29, 0.717) is 13.2 Å². The molecule has 1 aromatic rings. The van der Waals surface area contributed by atoms with Gasteiger partial charge in [0.05, 0.1) is 24.2 Å². The lowest BCUT2D eigenvalue weighted by Gasteiger charge is -2.21. The van der Waals surface area contributed by atoms with E-state index in [1.807, 2.05) is 0 Å². The molecule has 0 spiro atoms. The zero-order valence-electron chi connectivity index (χ0n) is 13.7. The molecule has 0 saturated heterocycles. The first kappa shape index (κ1) is 18.3. The van der Waals surface area contributed by atoms with Gasteiger partial charge in [0.15, 0.2) is 0 Å². The third-order valence-electron chi connectivity index (χ3n) is 2.60. The maximum absolute atomic E-state index is 12.2. The van der Waals surface area contributed by atoms with E-state index in [-0.39, 0.29) is 22.5 Å². The maximum atomic E-state index is 12.2. The normalized spacial score (nSPS) is 11.0. The highest BCUT2D eigenvalue weighted by molar-refractivity contribution is 6.61. The van der Waals surface area contributed by atoms with Crippen molar-refractivity contribution in [3.8, 4) is 11.5 Å². The van der Waals surface area contributed by atoms with Crippen molar-refractivity contribution in [3.05, 3.63) is 17.7 Å². The first-order chi connectivity index (χ1) is 10.2. The molecule has 0 fully saturated rings. The Kier molecular flexibility index (Phi) is 6.26. The molecule has 2 N–H and O–H groups in total. The van der Waals surface area contributed by atoms with Crippen molar-refractivity contribution < 1.29 is 29.1 Å². The fraction of sp³-hybridized carbons (Fsp3) is 0.533. The molecule has 6 nitrogen and oxygen atoms in total. The summed E-state index contributed by atoms with van der Waals surface area (Å²) >= 11 is 0. The highest BCUT2D eigenvalue weighted by Crippen LogP contribution is 2.23. The quantitative estimate of drug-likeness (QED) is 0.605. The van der Waals surface area contributed by atoms with Gasteiger partial charge >= 0.3 is 13.1 Å². The van der Waals surface area contributed by atoms with Crippen LogP contribution in [-0.2, 0) is 4.74 Å². The Bertz CT molecular complexity index is 494. The molecule has 0 atom stereocenters. The van der Waals surface area contributed by atoms with Gasteiger partial charge in [0, 0.05) is 0 Å². The molecule has 22 heavy (non-hydrogen) atoms. The largest absolute Gasteiger partial charge is 0.496 e. The van der Waals surface area contributed by atoms with Gasteiger partial charge < -0.3 is 24.3 Å². The summed E-state index contributed by atoms with van der Waals surface area (Å²) in [7, 11) is -1.77. The van der Waals surface area contributed by atoms with E-state index >= 15 is 0 Å². The first-order valence-corrected chi connectivity index (χ1v) is 7.22. The average Bonchev–Trinajstić information content (AvgIpc) is 2.36. The Hall–Kier alpha value is -1.73. The molecule has 0 aromatic heterocycles. The van der Waals surface area contributed by atoms with Gasteiger partial charge in [-0.25, -0.2) is 4.79 Å². The first-order valence-electron chi connectivity index (χ1n) is 7.22. The molecule has 0 amide bonds. The lowest BCUT2D eigenvalue weighted by atomic mass is 9.78. The fourth-order valence-corrected chi connectivity index (χ4v) is 1.86. The van der Waals surface area contributed by atoms with Gasteiger partial charge in [-0.2, -0.15) is 0 Å². The van der Waals surface area contributed by atoms with Gasteiger partial charge in [0.25, 0.3) is 0 Å². The van der Waals surface area contributed by atoms with Crippen LogP contribution in [0, 0.1) is 0 Å². The number of carbonyl (C=O) groups excluding carboxylic acids is 1. The molecule has 0 saturated carbocycles. The Balaban J connectivity index is 3.33. The predicted molar refractivity (Wildman–Crippen MR) is 83.8 cm³/mol. The monoisotopic (exact) mass is 310 g/mol. The van der Waals surface area contributed by atoms with Crippen molar-refractivity contribution in [2.24, 2.45) is 0 Å². The van der Waals surface area contributed by atoms with Crippen LogP contribution >= 0.6 is 0 Å². The number of benzene rings is 1. The minimum atomic E-state index is -1.77. The predicted octanol–water partition coefficient (Wildman–Crippen LogP) is 1.12. The Morgan fingerprint density at radius 2 is 1.55 bits per heavy atom. The van der Waals surface area contributed by atoms with Crippen molar-refractivity contribution in [1.29, 1.82) is 0 Å². The van der Waals surface area contributed by atoms with Crippen LogP contribution in [0.25, 0.3) is 0 Å². The average molecular weight is 310 g/mol. The fourth-order valence-electron chi connectivity index (χ4n) is 1.86. The molecular formula is C15H23BO6. The van der Waals surface area contributed by atoms with E-state index in [1.54, 1.807) is 34.6 Å². The van der Waals surface area contributed by atoms with E-state index in [2.05, 4.69) is 0 Å². The lowest BCUT2D eigenvalue weighted by molar-refractivity contribution is 0.00686. The second-order valence-corrected chi connectivity index (χ2v) is 5.63. The number of esters is 1. The van der Waals surface area contributed by atoms with Crippen molar-refractivity contribution in [1.82, 2.24) is 0 Å². The van der Waals surface area contributed by atoms with E-state index in [9.17, 15) is 14.8 Å². The minimum Gasteiger partial charge on any atom is -0.494 e. The highest BCUT2D eigenvalue weighted by Gasteiger charge is 2.27. The standard InChI is InChI=1S/C15H23BO6/c1-6-20-11-8-10(14(17)22-15(3,4)5)9-12(21-7-2)13(11)16(18)19/h8-9,18-19H,6-7H2,1-5H3. The molecule has 0 aliphatic heterocycles. The summed E-state index contributed by atoms with van der Waals surface area (Å²) in [4.78, 5) is 12.2. The van der Waals surface area contributed by atoms with Crippen molar-refractivity contribution >= 4 is 18.6 Å². The summed E-state index contributed by atoms with van der Waals surface area (Å²) in [6.07, 6.45) is 0. The smallest absolute Gasteiger partial charge is 0.494 e. The zero-order valence-corrected chi connectivity index (χ0v) is 13.7. The number of hydrogen-bond acceptors (Lipinski definition) is 6. The molecule has 0 radical (unpaired) electrons. The Morgan fingerprint density at radius 1 is 1.09 bits per heavy atom. The molecular weight excluding hydrogens is 287 g/mol. The van der Waals surface area contributed by atoms with Crippen molar-refractivity contribution in [2.45, 2.75) is 40.2 Å². The lowest BCUT2D eigenvalue weighted by Crippen LogP contribution is -2.34. The zero-order chi connectivity index (χ0) is 16.9. The molecule has 0 bridgehead atoms. The Morgan fingerprint density at radius 3 is 1.86 bits per heavy atom. The van der Waals surface area contributed by atoms with Crippen LogP contribution < -0.4 is 14.9 Å². The van der Waals surface area contributed by atoms with Crippen LogP contribution in [0.5, 0.6) is 11.5 Å². The van der Waals surface area contributed by atoms with Gasteiger partial charge in [0.2, 0.25) is 0 Å². The molecule has 0 aliphatic rings. The van der Waals surface area contributed by atoms with Crippen molar-refractivity contribution in [3.63, 3.8) is 0 Å². The summed E-state index contributed by atoms with van der Waals surface area (Å²) in [5.41, 5.74) is -0.314. The highest BCUT2D eigenvalue weighted by atomic mass is 16.6. The molecule has 7 heteroatoms. The third kappa shape index (κ3) is 4.93. The van der Waals surface area contributed by atoms with Crippen LogP contribution in [0.3, 0.4) is 0 Å². The summed E-state index contributed by atoms with van der Waals surface area (Å²) in [5, 5.41) is 19.1. The second kappa shape index (κ2) is 7.51. The third-order valence-corrected chi connectivity index (χ3v) is 2.60. The molecule has 122 valence electrons. The molecule has 1 aromatic carbocycles. The maximum Gasteiger partial charge on any atom is 0.496 e. The summed E-state index contributed by atoms with van der Waals surface area (Å²) in [6, 6.07) is 2.85. The van der Waals surface area contributed by atoms with Crippen LogP contribution in [-0.4, -0.2) is 42.0 Å². The van der Waals surface area contributed by atoms with E-state index < -0.39 is 18.7 Å². The van der Waals surface area contributed by atoms with Crippen LogP contribution in [0.2, 0.25) is 0 Å².